The fourth-order valence-corrected chi connectivity index (χ4v) is 7.65. The van der Waals surface area contributed by atoms with Gasteiger partial charge in [0.1, 0.15) is 0 Å². The molecule has 0 amide bonds. The molecule has 4 aromatic carbocycles. The Balaban J connectivity index is 0.00000225. The predicted molar refractivity (Wildman–Crippen MR) is 122 cm³/mol. The molecule has 0 unspecified atom stereocenters. The van der Waals surface area contributed by atoms with E-state index in [2.05, 4.69) is 121 Å². The van der Waals surface area contributed by atoms with Gasteiger partial charge in [0.2, 0.25) is 0 Å². The van der Waals surface area contributed by atoms with Gasteiger partial charge in [0, 0.05) is 0 Å². The maximum Gasteiger partial charge on any atom is 1.00 e. The average Bonchev–Trinajstić information content (AvgIpc) is 2.77. The van der Waals surface area contributed by atoms with Crippen LogP contribution in [0.25, 0.3) is 4.86 Å². The average molecular weight is 391 g/mol. The van der Waals surface area contributed by atoms with Gasteiger partial charge in [-0.2, -0.15) is 16.1 Å². The van der Waals surface area contributed by atoms with Crippen molar-refractivity contribution in [3.8, 4) is 0 Å². The van der Waals surface area contributed by atoms with E-state index in [9.17, 15) is 0 Å². The summed E-state index contributed by atoms with van der Waals surface area (Å²) >= 11 is 0. The van der Waals surface area contributed by atoms with Crippen LogP contribution in [0, 0.1) is 0 Å². The number of rotatable bonds is 6. The Kier molecular flexibility index (Phi) is 8.06. The first-order valence-corrected chi connectivity index (χ1v) is 11.5. The van der Waals surface area contributed by atoms with Crippen molar-refractivity contribution < 1.29 is 18.9 Å². The van der Waals surface area contributed by atoms with Crippen molar-refractivity contribution >= 4 is 37.4 Å². The number of hydrogen-bond acceptors (Lipinski definition) is 0. The second-order valence-electron chi connectivity index (χ2n) is 6.06. The molecule has 1 nitrogen and oxygen atoms in total. The van der Waals surface area contributed by atoms with Gasteiger partial charge in [-0.1, -0.05) is 121 Å². The van der Waals surface area contributed by atoms with E-state index in [1.54, 1.807) is 0 Å². The largest absolute Gasteiger partial charge is 1.00 e. The van der Waals surface area contributed by atoms with Crippen LogP contribution in [0.4, 0.5) is 0 Å². The van der Waals surface area contributed by atoms with Gasteiger partial charge in [-0.05, 0) is 21.2 Å². The summed E-state index contributed by atoms with van der Waals surface area (Å²) < 4.78 is 0. The zero-order valence-corrected chi connectivity index (χ0v) is 17.7. The molecule has 0 atom stereocenters. The maximum absolute atomic E-state index is 5.49. The molecule has 0 aliphatic carbocycles. The van der Waals surface area contributed by atoms with Crippen LogP contribution < -0.4 is 40.1 Å². The SMILES string of the molecule is [Li+].c1ccc(P([N-]P(c2ccccc2)c2ccccc2)c2ccccc2)cc1. The fourth-order valence-electron chi connectivity index (χ4n) is 2.87. The van der Waals surface area contributed by atoms with E-state index < -0.39 is 16.1 Å². The van der Waals surface area contributed by atoms with Gasteiger partial charge in [0.05, 0.1) is 0 Å². The van der Waals surface area contributed by atoms with E-state index >= 15 is 0 Å². The van der Waals surface area contributed by atoms with Crippen LogP contribution in [0.1, 0.15) is 0 Å². The smallest absolute Gasteiger partial charge is 0.595 e. The molecule has 0 fully saturated rings. The Labute approximate surface area is 182 Å². The van der Waals surface area contributed by atoms with E-state index in [1.807, 2.05) is 0 Å². The molecule has 0 saturated heterocycles. The summed E-state index contributed by atoms with van der Waals surface area (Å²) in [5.74, 6) is 0. The predicted octanol–water partition coefficient (Wildman–Crippen LogP) is 2.46. The van der Waals surface area contributed by atoms with E-state index in [0.29, 0.717) is 0 Å². The molecular weight excluding hydrogens is 371 g/mol. The normalized spacial score (nSPS) is 10.6. The van der Waals surface area contributed by atoms with E-state index in [4.69, 9.17) is 4.86 Å². The summed E-state index contributed by atoms with van der Waals surface area (Å²) in [7, 11) is -1.57. The van der Waals surface area contributed by atoms with Gasteiger partial charge in [-0.15, -0.1) is 0 Å². The molecule has 0 aliphatic rings. The number of hydrogen-bond donors (Lipinski definition) is 0. The van der Waals surface area contributed by atoms with Crippen LogP contribution in [0.2, 0.25) is 0 Å². The summed E-state index contributed by atoms with van der Waals surface area (Å²) in [6, 6.07) is 42.7. The Morgan fingerprint density at radius 1 is 0.357 bits per heavy atom. The number of benzene rings is 4. The van der Waals surface area contributed by atoms with Gasteiger partial charge in [0.15, 0.2) is 0 Å². The zero-order chi connectivity index (χ0) is 18.3. The van der Waals surface area contributed by atoms with Crippen LogP contribution in [0.5, 0.6) is 0 Å². The van der Waals surface area contributed by atoms with Gasteiger partial charge < -0.3 is 4.86 Å². The molecule has 0 radical (unpaired) electrons. The van der Waals surface area contributed by atoms with Crippen molar-refractivity contribution in [1.82, 2.24) is 0 Å². The Bertz CT molecular complexity index is 791. The second-order valence-corrected chi connectivity index (χ2v) is 10.1. The molecule has 0 spiro atoms. The third kappa shape index (κ3) is 5.21. The molecule has 0 heterocycles. The molecule has 28 heavy (non-hydrogen) atoms. The van der Waals surface area contributed by atoms with Crippen LogP contribution in [0.15, 0.2) is 121 Å². The summed E-state index contributed by atoms with van der Waals surface area (Å²) in [4.78, 5) is 5.49. The first-order valence-electron chi connectivity index (χ1n) is 8.94. The minimum absolute atomic E-state index is 0. The quantitative estimate of drug-likeness (QED) is 0.354. The molecule has 4 rings (SSSR count). The van der Waals surface area contributed by atoms with Crippen LogP contribution in [-0.2, 0) is 0 Å². The van der Waals surface area contributed by atoms with Crippen LogP contribution in [-0.4, -0.2) is 0 Å². The Hall–Kier alpha value is -1.70. The molecule has 0 saturated carbocycles. The zero-order valence-electron chi connectivity index (χ0n) is 15.9. The molecule has 0 N–H and O–H groups in total. The standard InChI is InChI=1S/C24H20NP2.Li/c1-5-13-21(14-6-1)26(22-15-7-2-8-16-22)25-27(23-17-9-3-10-18-23)24-19-11-4-12-20-24;/h1-20H;/q-1;+1. The summed E-state index contributed by atoms with van der Waals surface area (Å²) in [6.07, 6.45) is 0. The topological polar surface area (TPSA) is 14.1 Å². The molecule has 4 aromatic rings. The van der Waals surface area contributed by atoms with Gasteiger partial charge in [-0.25, -0.2) is 0 Å². The molecule has 132 valence electrons. The van der Waals surface area contributed by atoms with Crippen LogP contribution >= 0.6 is 16.1 Å². The monoisotopic (exact) mass is 391 g/mol. The number of nitrogens with zero attached hydrogens (tertiary/aromatic N) is 1. The van der Waals surface area contributed by atoms with E-state index in [1.165, 1.54) is 21.2 Å². The maximum atomic E-state index is 5.49. The molecule has 0 aliphatic heterocycles. The third-order valence-corrected chi connectivity index (χ3v) is 8.76. The first kappa shape index (κ1) is 21.0. The minimum Gasteiger partial charge on any atom is -0.595 e. The van der Waals surface area contributed by atoms with E-state index in [0.717, 1.165) is 0 Å². The Morgan fingerprint density at radius 3 is 0.786 bits per heavy atom. The van der Waals surface area contributed by atoms with Gasteiger partial charge >= 0.3 is 18.9 Å². The van der Waals surface area contributed by atoms with Crippen molar-refractivity contribution in [1.29, 1.82) is 0 Å². The third-order valence-electron chi connectivity index (χ3n) is 4.18. The van der Waals surface area contributed by atoms with Crippen LogP contribution in [0.3, 0.4) is 0 Å². The van der Waals surface area contributed by atoms with E-state index in [-0.39, 0.29) is 18.9 Å². The van der Waals surface area contributed by atoms with Crippen molar-refractivity contribution in [3.63, 3.8) is 0 Å². The van der Waals surface area contributed by atoms with Crippen molar-refractivity contribution in [3.05, 3.63) is 126 Å². The first-order chi connectivity index (χ1) is 13.4. The van der Waals surface area contributed by atoms with Crippen molar-refractivity contribution in [2.45, 2.75) is 0 Å². The molecular formula is C24H20LiNP2. The second kappa shape index (κ2) is 10.7. The summed E-state index contributed by atoms with van der Waals surface area (Å²) in [5, 5.41) is 5.16. The van der Waals surface area contributed by atoms with Crippen molar-refractivity contribution in [2.24, 2.45) is 0 Å². The van der Waals surface area contributed by atoms with Gasteiger partial charge in [-0.3, -0.25) is 0 Å². The molecule has 0 aromatic heterocycles. The van der Waals surface area contributed by atoms with Gasteiger partial charge in [0.25, 0.3) is 0 Å². The summed E-state index contributed by atoms with van der Waals surface area (Å²) in [5.41, 5.74) is 0. The Morgan fingerprint density at radius 2 is 0.571 bits per heavy atom. The minimum atomic E-state index is -0.784. The fraction of sp³-hybridized carbons (Fsp3) is 0. The summed E-state index contributed by atoms with van der Waals surface area (Å²) in [6.45, 7) is 0. The molecule has 0 bridgehead atoms. The van der Waals surface area contributed by atoms with Crippen molar-refractivity contribution in [2.75, 3.05) is 0 Å². The molecule has 4 heteroatoms.